The Hall–Kier alpha value is -2.37. The lowest BCUT2D eigenvalue weighted by Gasteiger charge is -2.36. The molecule has 1 heterocycles. The average molecular weight is 343 g/mol. The van der Waals surface area contributed by atoms with Crippen molar-refractivity contribution < 1.29 is 14.7 Å². The van der Waals surface area contributed by atoms with E-state index in [2.05, 4.69) is 17.3 Å². The summed E-state index contributed by atoms with van der Waals surface area (Å²) >= 11 is 0. The Balaban J connectivity index is 1.71. The van der Waals surface area contributed by atoms with Gasteiger partial charge in [-0.15, -0.1) is 0 Å². The minimum atomic E-state index is -1.14. The Labute approximate surface area is 147 Å². The summed E-state index contributed by atoms with van der Waals surface area (Å²) in [5.41, 5.74) is 1.37. The zero-order valence-electron chi connectivity index (χ0n) is 14.8. The number of hydrogen-bond donors (Lipinski definition) is 2. The van der Waals surface area contributed by atoms with Crippen LogP contribution < -0.4 is 10.3 Å². The minimum Gasteiger partial charge on any atom is -0.480 e. The molecule has 1 aromatic rings. The summed E-state index contributed by atoms with van der Waals surface area (Å²) in [5.74, 6) is -0.760. The molecule has 25 heavy (non-hydrogen) atoms. The molecule has 134 valence electrons. The molecule has 1 aliphatic carbocycles. The van der Waals surface area contributed by atoms with Crippen LogP contribution in [0.2, 0.25) is 0 Å². The van der Waals surface area contributed by atoms with Crippen LogP contribution in [0.1, 0.15) is 56.3 Å². The number of carbonyl (C=O) groups excluding carboxylic acids is 1. The fourth-order valence-corrected chi connectivity index (χ4v) is 3.48. The van der Waals surface area contributed by atoms with Gasteiger partial charge in [-0.2, -0.15) is 5.10 Å². The number of carbonyl (C=O) groups is 2. The number of hydrogen-bond acceptors (Lipinski definition) is 4. The third-order valence-electron chi connectivity index (χ3n) is 5.29. The highest BCUT2D eigenvalue weighted by Gasteiger charge is 2.42. The summed E-state index contributed by atoms with van der Waals surface area (Å²) in [4.78, 5) is 24.3. The lowest BCUT2D eigenvalue weighted by molar-refractivity contribution is -0.146. The van der Waals surface area contributed by atoms with Crippen LogP contribution in [0.5, 0.6) is 0 Å². The highest BCUT2D eigenvalue weighted by molar-refractivity contribution is 5.98. The molecule has 0 spiro atoms. The van der Waals surface area contributed by atoms with Crippen molar-refractivity contribution in [1.82, 2.24) is 5.32 Å². The zero-order valence-corrected chi connectivity index (χ0v) is 14.8. The largest absolute Gasteiger partial charge is 0.480 e. The van der Waals surface area contributed by atoms with Crippen LogP contribution in [0, 0.1) is 5.92 Å². The first kappa shape index (κ1) is 17.5. The second-order valence-corrected chi connectivity index (χ2v) is 7.28. The van der Waals surface area contributed by atoms with Gasteiger partial charge in [-0.3, -0.25) is 9.80 Å². The van der Waals surface area contributed by atoms with Crippen LogP contribution in [0.3, 0.4) is 0 Å². The fraction of sp³-hybridized carbons (Fsp3) is 0.526. The number of nitrogens with zero attached hydrogens (tertiary/aromatic N) is 2. The van der Waals surface area contributed by atoms with E-state index in [1.165, 1.54) is 0 Å². The van der Waals surface area contributed by atoms with Gasteiger partial charge in [-0.25, -0.2) is 4.79 Å². The van der Waals surface area contributed by atoms with Gasteiger partial charge in [0, 0.05) is 24.2 Å². The van der Waals surface area contributed by atoms with E-state index < -0.39 is 11.5 Å². The van der Waals surface area contributed by atoms with Crippen molar-refractivity contribution in [3.8, 4) is 0 Å². The Morgan fingerprint density at radius 3 is 2.40 bits per heavy atom. The van der Waals surface area contributed by atoms with Crippen molar-refractivity contribution in [3.05, 3.63) is 29.8 Å². The predicted molar refractivity (Wildman–Crippen MR) is 97.0 cm³/mol. The summed E-state index contributed by atoms with van der Waals surface area (Å²) in [6, 6.07) is 7.17. The van der Waals surface area contributed by atoms with Crippen LogP contribution >= 0.6 is 0 Å². The maximum atomic E-state index is 12.6. The normalized spacial score (nSPS) is 26.2. The van der Waals surface area contributed by atoms with Crippen LogP contribution in [0.25, 0.3) is 0 Å². The molecule has 6 nitrogen and oxygen atoms in total. The molecule has 2 aliphatic rings. The molecule has 0 bridgehead atoms. The molecular weight excluding hydrogens is 318 g/mol. The van der Waals surface area contributed by atoms with Gasteiger partial charge in [-0.1, -0.05) is 6.92 Å². The Morgan fingerprint density at radius 2 is 1.88 bits per heavy atom. The maximum Gasteiger partial charge on any atom is 0.329 e. The third kappa shape index (κ3) is 3.67. The molecule has 3 rings (SSSR count). The summed E-state index contributed by atoms with van der Waals surface area (Å²) in [6.07, 6.45) is 3.54. The third-order valence-corrected chi connectivity index (χ3v) is 5.29. The van der Waals surface area contributed by atoms with Gasteiger partial charge < -0.3 is 10.4 Å². The molecular formula is C19H25N3O3. The molecule has 0 aromatic heterocycles. The summed E-state index contributed by atoms with van der Waals surface area (Å²) in [6.45, 7) is 4.96. The van der Waals surface area contributed by atoms with Gasteiger partial charge in [-0.05, 0) is 62.8 Å². The second-order valence-electron chi connectivity index (χ2n) is 7.28. The van der Waals surface area contributed by atoms with Gasteiger partial charge in [0.05, 0.1) is 5.69 Å². The SMILES string of the molecule is CC1=NN(c2ccc(C(=O)NC3(C(=O)O)CCC(C)CC3)cc2)CC1. The smallest absolute Gasteiger partial charge is 0.329 e. The maximum absolute atomic E-state index is 12.6. The van der Waals surface area contributed by atoms with Crippen LogP contribution in [-0.4, -0.2) is 34.8 Å². The van der Waals surface area contributed by atoms with Crippen LogP contribution in [0.15, 0.2) is 29.4 Å². The topological polar surface area (TPSA) is 82.0 Å². The number of carboxylic acids is 1. The number of nitrogens with one attached hydrogen (secondary N) is 1. The molecule has 1 aromatic carbocycles. The van der Waals surface area contributed by atoms with E-state index in [0.29, 0.717) is 24.3 Å². The zero-order chi connectivity index (χ0) is 18.0. The van der Waals surface area contributed by atoms with E-state index >= 15 is 0 Å². The van der Waals surface area contributed by atoms with E-state index in [1.807, 2.05) is 24.1 Å². The first-order chi connectivity index (χ1) is 11.9. The van der Waals surface area contributed by atoms with Gasteiger partial charge in [0.15, 0.2) is 0 Å². The van der Waals surface area contributed by atoms with Gasteiger partial charge in [0.25, 0.3) is 5.91 Å². The molecule has 2 N–H and O–H groups in total. The summed E-state index contributed by atoms with van der Waals surface area (Å²) in [5, 5.41) is 18.8. The van der Waals surface area contributed by atoms with Gasteiger partial charge in [0.1, 0.15) is 5.54 Å². The van der Waals surface area contributed by atoms with E-state index in [0.717, 1.165) is 37.2 Å². The Kier molecular flexibility index (Phi) is 4.79. The number of hydrazone groups is 1. The first-order valence-corrected chi connectivity index (χ1v) is 8.87. The number of rotatable bonds is 4. The first-order valence-electron chi connectivity index (χ1n) is 8.87. The monoisotopic (exact) mass is 343 g/mol. The van der Waals surface area contributed by atoms with E-state index in [9.17, 15) is 14.7 Å². The molecule has 1 amide bonds. The Morgan fingerprint density at radius 1 is 1.24 bits per heavy atom. The number of aliphatic carboxylic acids is 1. The molecule has 6 heteroatoms. The molecule has 1 saturated carbocycles. The Bertz CT molecular complexity index is 688. The minimum absolute atomic E-state index is 0.329. The molecule has 0 unspecified atom stereocenters. The molecule has 0 atom stereocenters. The number of amides is 1. The van der Waals surface area contributed by atoms with E-state index in [-0.39, 0.29) is 5.91 Å². The average Bonchev–Trinajstić information content (AvgIpc) is 3.03. The van der Waals surface area contributed by atoms with Gasteiger partial charge in [0.2, 0.25) is 0 Å². The lowest BCUT2D eigenvalue weighted by atomic mass is 9.77. The van der Waals surface area contributed by atoms with Crippen molar-refractivity contribution in [1.29, 1.82) is 0 Å². The van der Waals surface area contributed by atoms with E-state index in [4.69, 9.17) is 0 Å². The summed E-state index contributed by atoms with van der Waals surface area (Å²) < 4.78 is 0. The van der Waals surface area contributed by atoms with Gasteiger partial charge >= 0.3 is 5.97 Å². The number of carboxylic acid groups (broad SMARTS) is 1. The van der Waals surface area contributed by atoms with Crippen LogP contribution in [0.4, 0.5) is 5.69 Å². The second kappa shape index (κ2) is 6.86. The van der Waals surface area contributed by atoms with Crippen molar-refractivity contribution in [2.45, 2.75) is 51.5 Å². The fourth-order valence-electron chi connectivity index (χ4n) is 3.48. The van der Waals surface area contributed by atoms with Crippen LogP contribution in [-0.2, 0) is 4.79 Å². The predicted octanol–water partition coefficient (Wildman–Crippen LogP) is 3.04. The molecule has 1 aliphatic heterocycles. The van der Waals surface area contributed by atoms with Crippen molar-refractivity contribution >= 4 is 23.3 Å². The quantitative estimate of drug-likeness (QED) is 0.880. The van der Waals surface area contributed by atoms with Crippen molar-refractivity contribution in [2.24, 2.45) is 11.0 Å². The highest BCUT2D eigenvalue weighted by atomic mass is 16.4. The number of anilines is 1. The molecule has 1 fully saturated rings. The summed E-state index contributed by atoms with van der Waals surface area (Å²) in [7, 11) is 0. The molecule has 0 radical (unpaired) electrons. The van der Waals surface area contributed by atoms with Crippen molar-refractivity contribution in [3.63, 3.8) is 0 Å². The standard InChI is InChI=1S/C19H25N3O3/c1-13-7-10-19(11-8-13,18(24)25)20-17(23)15-3-5-16(6-4-15)22-12-9-14(2)21-22/h3-6,13H,7-12H2,1-2H3,(H,20,23)(H,24,25). The van der Waals surface area contributed by atoms with E-state index in [1.54, 1.807) is 12.1 Å². The van der Waals surface area contributed by atoms with Crippen molar-refractivity contribution in [2.75, 3.05) is 11.6 Å². The highest BCUT2D eigenvalue weighted by Crippen LogP contribution is 2.32. The number of benzene rings is 1. The lowest BCUT2D eigenvalue weighted by Crippen LogP contribution is -2.56. The molecule has 0 saturated heterocycles.